The van der Waals surface area contributed by atoms with Gasteiger partial charge in [-0.1, -0.05) is 24.3 Å². The lowest BCUT2D eigenvalue weighted by Crippen LogP contribution is -2.14. The smallest absolute Gasteiger partial charge is 0.161 e. The van der Waals surface area contributed by atoms with E-state index in [1.165, 1.54) is 0 Å². The second-order valence-electron chi connectivity index (χ2n) is 4.74. The van der Waals surface area contributed by atoms with Crippen LogP contribution in [0.5, 0.6) is 17.2 Å². The SMILES string of the molecule is COc1ccccc1CC(N)c1ccc(OC)c(OC)c1. The van der Waals surface area contributed by atoms with Gasteiger partial charge in [-0.3, -0.25) is 0 Å². The second-order valence-corrected chi connectivity index (χ2v) is 4.74. The van der Waals surface area contributed by atoms with Crippen molar-refractivity contribution in [3.8, 4) is 17.2 Å². The molecule has 2 aromatic carbocycles. The first-order valence-electron chi connectivity index (χ1n) is 6.79. The van der Waals surface area contributed by atoms with Crippen molar-refractivity contribution in [2.24, 2.45) is 5.73 Å². The van der Waals surface area contributed by atoms with Crippen LogP contribution in [0.4, 0.5) is 0 Å². The Labute approximate surface area is 125 Å². The fourth-order valence-corrected chi connectivity index (χ4v) is 2.31. The van der Waals surface area contributed by atoms with Gasteiger partial charge in [-0.25, -0.2) is 0 Å². The Kier molecular flexibility index (Phi) is 5.06. The molecule has 112 valence electrons. The fraction of sp³-hybridized carbons (Fsp3) is 0.294. The van der Waals surface area contributed by atoms with Gasteiger partial charge in [0.1, 0.15) is 5.75 Å². The predicted molar refractivity (Wildman–Crippen MR) is 83.2 cm³/mol. The average molecular weight is 287 g/mol. The highest BCUT2D eigenvalue weighted by Gasteiger charge is 2.13. The first-order valence-corrected chi connectivity index (χ1v) is 6.79. The third-order valence-electron chi connectivity index (χ3n) is 3.47. The summed E-state index contributed by atoms with van der Waals surface area (Å²) < 4.78 is 15.9. The molecule has 0 aliphatic heterocycles. The molecule has 0 aliphatic rings. The summed E-state index contributed by atoms with van der Waals surface area (Å²) in [7, 11) is 4.90. The van der Waals surface area contributed by atoms with Crippen LogP contribution < -0.4 is 19.9 Å². The van der Waals surface area contributed by atoms with Gasteiger partial charge in [0.2, 0.25) is 0 Å². The lowest BCUT2D eigenvalue weighted by atomic mass is 9.98. The average Bonchev–Trinajstić information content (AvgIpc) is 2.54. The van der Waals surface area contributed by atoms with Crippen molar-refractivity contribution < 1.29 is 14.2 Å². The largest absolute Gasteiger partial charge is 0.496 e. The third-order valence-corrected chi connectivity index (χ3v) is 3.47. The number of para-hydroxylation sites is 1. The minimum absolute atomic E-state index is 0.138. The maximum atomic E-state index is 6.31. The lowest BCUT2D eigenvalue weighted by molar-refractivity contribution is 0.354. The van der Waals surface area contributed by atoms with Gasteiger partial charge in [-0.05, 0) is 35.7 Å². The summed E-state index contributed by atoms with van der Waals surface area (Å²) in [6, 6.07) is 13.5. The van der Waals surface area contributed by atoms with E-state index >= 15 is 0 Å². The summed E-state index contributed by atoms with van der Waals surface area (Å²) in [5, 5.41) is 0. The molecule has 0 bridgehead atoms. The van der Waals surface area contributed by atoms with Crippen molar-refractivity contribution in [3.63, 3.8) is 0 Å². The molecule has 0 saturated heterocycles. The molecule has 1 unspecified atom stereocenters. The maximum absolute atomic E-state index is 6.31. The minimum Gasteiger partial charge on any atom is -0.496 e. The number of benzene rings is 2. The number of hydrogen-bond acceptors (Lipinski definition) is 4. The molecule has 0 saturated carbocycles. The van der Waals surface area contributed by atoms with Crippen LogP contribution in [0.1, 0.15) is 17.2 Å². The topological polar surface area (TPSA) is 53.7 Å². The van der Waals surface area contributed by atoms with Gasteiger partial charge in [-0.2, -0.15) is 0 Å². The Morgan fingerprint density at radius 2 is 1.52 bits per heavy atom. The van der Waals surface area contributed by atoms with Crippen LogP contribution in [0.15, 0.2) is 42.5 Å². The first kappa shape index (κ1) is 15.2. The lowest BCUT2D eigenvalue weighted by Gasteiger charge is -2.16. The molecule has 0 aromatic heterocycles. The monoisotopic (exact) mass is 287 g/mol. The summed E-state index contributed by atoms with van der Waals surface area (Å²) in [6.07, 6.45) is 0.694. The number of rotatable bonds is 6. The molecular weight excluding hydrogens is 266 g/mol. The molecule has 0 amide bonds. The van der Waals surface area contributed by atoms with Gasteiger partial charge in [0.05, 0.1) is 21.3 Å². The first-order chi connectivity index (χ1) is 10.2. The normalized spacial score (nSPS) is 11.8. The summed E-state index contributed by atoms with van der Waals surface area (Å²) in [5.41, 5.74) is 8.40. The van der Waals surface area contributed by atoms with Crippen LogP contribution in [-0.4, -0.2) is 21.3 Å². The Morgan fingerprint density at radius 3 is 2.19 bits per heavy atom. The van der Waals surface area contributed by atoms with Gasteiger partial charge in [0.25, 0.3) is 0 Å². The minimum atomic E-state index is -0.138. The third kappa shape index (κ3) is 3.47. The number of methoxy groups -OCH3 is 3. The summed E-state index contributed by atoms with van der Waals surface area (Å²) in [5.74, 6) is 2.24. The standard InChI is InChI=1S/C17H21NO3/c1-19-15-7-5-4-6-13(15)10-14(18)12-8-9-16(20-2)17(11-12)21-3/h4-9,11,14H,10,18H2,1-3H3. The Morgan fingerprint density at radius 1 is 0.857 bits per heavy atom. The van der Waals surface area contributed by atoms with Crippen molar-refractivity contribution in [1.82, 2.24) is 0 Å². The predicted octanol–water partition coefficient (Wildman–Crippen LogP) is 2.95. The van der Waals surface area contributed by atoms with E-state index in [1.54, 1.807) is 21.3 Å². The van der Waals surface area contributed by atoms with E-state index in [-0.39, 0.29) is 6.04 Å². The van der Waals surface area contributed by atoms with E-state index < -0.39 is 0 Å². The quantitative estimate of drug-likeness (QED) is 0.887. The molecule has 2 rings (SSSR count). The van der Waals surface area contributed by atoms with Crippen LogP contribution in [0.25, 0.3) is 0 Å². The molecule has 4 nitrogen and oxygen atoms in total. The molecule has 2 aromatic rings. The van der Waals surface area contributed by atoms with Gasteiger partial charge >= 0.3 is 0 Å². The van der Waals surface area contributed by atoms with Crippen LogP contribution in [0.2, 0.25) is 0 Å². The Hall–Kier alpha value is -2.20. The van der Waals surface area contributed by atoms with Gasteiger partial charge in [0.15, 0.2) is 11.5 Å². The molecule has 0 spiro atoms. The highest BCUT2D eigenvalue weighted by Crippen LogP contribution is 2.31. The number of nitrogens with two attached hydrogens (primary N) is 1. The number of hydrogen-bond donors (Lipinski definition) is 1. The van der Waals surface area contributed by atoms with Gasteiger partial charge < -0.3 is 19.9 Å². The highest BCUT2D eigenvalue weighted by molar-refractivity contribution is 5.44. The highest BCUT2D eigenvalue weighted by atomic mass is 16.5. The van der Waals surface area contributed by atoms with Crippen LogP contribution in [-0.2, 0) is 6.42 Å². The zero-order chi connectivity index (χ0) is 15.2. The van der Waals surface area contributed by atoms with Gasteiger partial charge in [-0.15, -0.1) is 0 Å². The van der Waals surface area contributed by atoms with Gasteiger partial charge in [0, 0.05) is 6.04 Å². The Balaban J connectivity index is 2.22. The van der Waals surface area contributed by atoms with Crippen molar-refractivity contribution in [2.75, 3.05) is 21.3 Å². The van der Waals surface area contributed by atoms with Crippen LogP contribution >= 0.6 is 0 Å². The fourth-order valence-electron chi connectivity index (χ4n) is 2.31. The molecular formula is C17H21NO3. The van der Waals surface area contributed by atoms with Crippen molar-refractivity contribution >= 4 is 0 Å². The van der Waals surface area contributed by atoms with Crippen LogP contribution in [0, 0.1) is 0 Å². The van der Waals surface area contributed by atoms with E-state index in [4.69, 9.17) is 19.9 Å². The Bertz CT molecular complexity index is 598. The zero-order valence-electron chi connectivity index (χ0n) is 12.6. The van der Waals surface area contributed by atoms with E-state index in [0.717, 1.165) is 16.9 Å². The van der Waals surface area contributed by atoms with E-state index in [9.17, 15) is 0 Å². The summed E-state index contributed by atoms with van der Waals surface area (Å²) in [6.45, 7) is 0. The molecule has 0 fully saturated rings. The molecule has 0 heterocycles. The van der Waals surface area contributed by atoms with E-state index in [2.05, 4.69) is 0 Å². The molecule has 2 N–H and O–H groups in total. The maximum Gasteiger partial charge on any atom is 0.161 e. The number of ether oxygens (including phenoxy) is 3. The van der Waals surface area contributed by atoms with Crippen LogP contribution in [0.3, 0.4) is 0 Å². The van der Waals surface area contributed by atoms with E-state index in [0.29, 0.717) is 17.9 Å². The van der Waals surface area contributed by atoms with Crippen molar-refractivity contribution in [2.45, 2.75) is 12.5 Å². The molecule has 0 aliphatic carbocycles. The molecule has 21 heavy (non-hydrogen) atoms. The molecule has 1 atom stereocenters. The molecule has 0 radical (unpaired) electrons. The van der Waals surface area contributed by atoms with Crippen molar-refractivity contribution in [3.05, 3.63) is 53.6 Å². The second kappa shape index (κ2) is 6.99. The molecule has 4 heteroatoms. The van der Waals surface area contributed by atoms with E-state index in [1.807, 2.05) is 42.5 Å². The van der Waals surface area contributed by atoms with Crippen molar-refractivity contribution in [1.29, 1.82) is 0 Å². The summed E-state index contributed by atoms with van der Waals surface area (Å²) in [4.78, 5) is 0. The zero-order valence-corrected chi connectivity index (χ0v) is 12.6. The summed E-state index contributed by atoms with van der Waals surface area (Å²) >= 11 is 0.